The van der Waals surface area contributed by atoms with Crippen molar-refractivity contribution in [2.45, 2.75) is 58.1 Å². The number of ether oxygens (including phenoxy) is 1. The number of aryl methyl sites for hydroxylation is 1. The highest BCUT2D eigenvalue weighted by atomic mass is 35.5. The number of likely N-dealkylation sites (tertiary alicyclic amines) is 1. The number of nitrogens with zero attached hydrogens (tertiary/aromatic N) is 2. The number of carbonyl (C=O) groups is 2. The Morgan fingerprint density at radius 3 is 2.67 bits per heavy atom. The Morgan fingerprint density at radius 2 is 1.94 bits per heavy atom. The van der Waals surface area contributed by atoms with E-state index in [4.69, 9.17) is 16.3 Å². The van der Waals surface area contributed by atoms with Crippen molar-refractivity contribution < 1.29 is 14.3 Å². The number of halogens is 1. The second-order valence-corrected chi connectivity index (χ2v) is 11.2. The van der Waals surface area contributed by atoms with Crippen LogP contribution in [0.2, 0.25) is 5.02 Å². The van der Waals surface area contributed by atoms with E-state index in [9.17, 15) is 9.59 Å². The van der Waals surface area contributed by atoms with Gasteiger partial charge in [0.2, 0.25) is 11.8 Å². The molecule has 6 rings (SSSR count). The van der Waals surface area contributed by atoms with E-state index in [-0.39, 0.29) is 17.9 Å². The lowest BCUT2D eigenvalue weighted by Crippen LogP contribution is -2.27. The van der Waals surface area contributed by atoms with Gasteiger partial charge in [0, 0.05) is 40.1 Å². The van der Waals surface area contributed by atoms with Crippen molar-refractivity contribution in [2.75, 3.05) is 0 Å². The molecular formula is C26H25ClN2O3S. The lowest BCUT2D eigenvalue weighted by atomic mass is 9.97. The summed E-state index contributed by atoms with van der Waals surface area (Å²) in [4.78, 5) is 31.1. The molecule has 3 heterocycles. The number of carbonyl (C=O) groups excluding carboxylic acids is 2. The lowest BCUT2D eigenvalue weighted by Gasteiger charge is -2.26. The van der Waals surface area contributed by atoms with Gasteiger partial charge >= 0.3 is 0 Å². The molecule has 5 nitrogen and oxygen atoms in total. The summed E-state index contributed by atoms with van der Waals surface area (Å²) in [5.41, 5.74) is 3.90. The zero-order chi connectivity index (χ0) is 22.7. The fourth-order valence-corrected chi connectivity index (χ4v) is 7.20. The van der Waals surface area contributed by atoms with E-state index in [0.29, 0.717) is 30.3 Å². The summed E-state index contributed by atoms with van der Waals surface area (Å²) in [7, 11) is 0. The second kappa shape index (κ2) is 8.10. The van der Waals surface area contributed by atoms with E-state index >= 15 is 0 Å². The van der Waals surface area contributed by atoms with Gasteiger partial charge in [-0.15, -0.1) is 11.3 Å². The van der Waals surface area contributed by atoms with Crippen LogP contribution in [0.3, 0.4) is 0 Å². The van der Waals surface area contributed by atoms with E-state index in [1.807, 2.05) is 24.3 Å². The average molecular weight is 481 g/mol. The van der Waals surface area contributed by atoms with Crippen LogP contribution in [0.25, 0.3) is 21.3 Å². The minimum Gasteiger partial charge on any atom is -0.489 e. The predicted octanol–water partition coefficient (Wildman–Crippen LogP) is 6.14. The molecule has 2 aromatic heterocycles. The minimum atomic E-state index is -0.0994. The third-order valence-corrected chi connectivity index (χ3v) is 8.76. The normalized spacial score (nSPS) is 24.4. The standard InChI is InChI=1S/C26H25ClN2O3S/c1-14-8-17(27)11-20(25(14)32-22-10-15-2-3-16(22)9-15)19-6-7-28-21-12-18(33-26(19)21)13-29-23(30)4-5-24(29)31/h6-8,11-12,15-16,22H,2-5,9-10,13H2,1H3/t15-,16+,22-/m0/s1. The van der Waals surface area contributed by atoms with Gasteiger partial charge in [-0.05, 0) is 74.3 Å². The smallest absolute Gasteiger partial charge is 0.230 e. The third kappa shape index (κ3) is 3.73. The Hall–Kier alpha value is -2.44. The van der Waals surface area contributed by atoms with Gasteiger partial charge in [0.1, 0.15) is 11.9 Å². The number of amides is 2. The first-order chi connectivity index (χ1) is 16.0. The number of imide groups is 1. The molecule has 0 spiro atoms. The van der Waals surface area contributed by atoms with Crippen LogP contribution in [0.5, 0.6) is 5.75 Å². The van der Waals surface area contributed by atoms with Gasteiger partial charge in [-0.3, -0.25) is 19.5 Å². The van der Waals surface area contributed by atoms with Crippen LogP contribution in [0.1, 0.15) is 49.0 Å². The monoisotopic (exact) mass is 480 g/mol. The maximum atomic E-state index is 12.1. The average Bonchev–Trinajstić information content (AvgIpc) is 3.56. The fraction of sp³-hybridized carbons (Fsp3) is 0.423. The highest BCUT2D eigenvalue weighted by molar-refractivity contribution is 7.19. The van der Waals surface area contributed by atoms with Gasteiger partial charge in [-0.1, -0.05) is 11.6 Å². The highest BCUT2D eigenvalue weighted by Crippen LogP contribution is 2.48. The Labute approximate surface area is 201 Å². The predicted molar refractivity (Wildman–Crippen MR) is 129 cm³/mol. The number of aromatic nitrogens is 1. The number of rotatable bonds is 5. The molecule has 170 valence electrons. The van der Waals surface area contributed by atoms with Crippen LogP contribution in [0.15, 0.2) is 30.5 Å². The van der Waals surface area contributed by atoms with Crippen molar-refractivity contribution in [1.82, 2.24) is 9.88 Å². The number of pyridine rings is 1. The summed E-state index contributed by atoms with van der Waals surface area (Å²) >= 11 is 8.08. The van der Waals surface area contributed by atoms with E-state index < -0.39 is 0 Å². The molecule has 2 amide bonds. The van der Waals surface area contributed by atoms with Gasteiger partial charge in [0.15, 0.2) is 0 Å². The molecule has 3 aliphatic rings. The van der Waals surface area contributed by atoms with Gasteiger partial charge in [0.25, 0.3) is 0 Å². The van der Waals surface area contributed by atoms with E-state index in [0.717, 1.165) is 49.9 Å². The first-order valence-corrected chi connectivity index (χ1v) is 12.8. The van der Waals surface area contributed by atoms with Crippen molar-refractivity contribution in [1.29, 1.82) is 0 Å². The first kappa shape index (κ1) is 21.1. The highest BCUT2D eigenvalue weighted by Gasteiger charge is 2.41. The van der Waals surface area contributed by atoms with Crippen LogP contribution in [0, 0.1) is 18.8 Å². The van der Waals surface area contributed by atoms with Crippen LogP contribution >= 0.6 is 22.9 Å². The molecule has 1 aromatic carbocycles. The van der Waals surface area contributed by atoms with Crippen LogP contribution in [-0.2, 0) is 16.1 Å². The SMILES string of the molecule is Cc1cc(Cl)cc(-c2ccnc3cc(CN4C(=O)CCC4=O)sc23)c1O[C@H]1C[C@H]2CC[C@@H]1C2. The molecule has 1 aliphatic heterocycles. The van der Waals surface area contributed by atoms with Gasteiger partial charge in [-0.2, -0.15) is 0 Å². The number of fused-ring (bicyclic) bond motifs is 3. The molecule has 7 heteroatoms. The van der Waals surface area contributed by atoms with Crippen molar-refractivity contribution in [3.05, 3.63) is 45.9 Å². The van der Waals surface area contributed by atoms with E-state index in [1.54, 1.807) is 17.5 Å². The number of hydrogen-bond donors (Lipinski definition) is 0. The Balaban J connectivity index is 1.39. The third-order valence-electron chi connectivity index (χ3n) is 7.40. The Bertz CT molecular complexity index is 1270. The number of thiophene rings is 1. The molecule has 3 fully saturated rings. The molecule has 0 unspecified atom stereocenters. The summed E-state index contributed by atoms with van der Waals surface area (Å²) in [6.45, 7) is 2.36. The Kier molecular flexibility index (Phi) is 5.18. The van der Waals surface area contributed by atoms with Gasteiger partial charge < -0.3 is 4.74 Å². The molecule has 3 aromatic rings. The molecule has 2 saturated carbocycles. The zero-order valence-corrected chi connectivity index (χ0v) is 20.0. The lowest BCUT2D eigenvalue weighted by molar-refractivity contribution is -0.138. The maximum absolute atomic E-state index is 12.1. The second-order valence-electron chi connectivity index (χ2n) is 9.59. The van der Waals surface area contributed by atoms with Crippen molar-refractivity contribution in [2.24, 2.45) is 11.8 Å². The Morgan fingerprint density at radius 1 is 1.12 bits per heavy atom. The van der Waals surface area contributed by atoms with Crippen LogP contribution < -0.4 is 4.74 Å². The molecule has 2 bridgehead atoms. The first-order valence-electron chi connectivity index (χ1n) is 11.6. The largest absolute Gasteiger partial charge is 0.489 e. The molecule has 2 aliphatic carbocycles. The summed E-state index contributed by atoms with van der Waals surface area (Å²) in [5.74, 6) is 2.17. The zero-order valence-electron chi connectivity index (χ0n) is 18.5. The maximum Gasteiger partial charge on any atom is 0.230 e. The molecule has 0 radical (unpaired) electrons. The topological polar surface area (TPSA) is 59.5 Å². The minimum absolute atomic E-state index is 0.0994. The molecule has 3 atom stereocenters. The van der Waals surface area contributed by atoms with Crippen LogP contribution in [0.4, 0.5) is 0 Å². The van der Waals surface area contributed by atoms with Gasteiger partial charge in [-0.25, -0.2) is 0 Å². The summed E-state index contributed by atoms with van der Waals surface area (Å²) in [6.07, 6.45) is 7.70. The summed E-state index contributed by atoms with van der Waals surface area (Å²) in [5, 5.41) is 0.679. The molecule has 1 saturated heterocycles. The number of hydrogen-bond acceptors (Lipinski definition) is 5. The van der Waals surface area contributed by atoms with Crippen LogP contribution in [-0.4, -0.2) is 27.8 Å². The van der Waals surface area contributed by atoms with Gasteiger partial charge in [0.05, 0.1) is 16.8 Å². The molecule has 33 heavy (non-hydrogen) atoms. The van der Waals surface area contributed by atoms with E-state index in [2.05, 4.69) is 11.9 Å². The van der Waals surface area contributed by atoms with Crippen molar-refractivity contribution in [3.8, 4) is 16.9 Å². The summed E-state index contributed by atoms with van der Waals surface area (Å²) < 4.78 is 7.72. The molecular weight excluding hydrogens is 456 g/mol. The van der Waals surface area contributed by atoms with Crippen molar-refractivity contribution >= 4 is 45.0 Å². The quantitative estimate of drug-likeness (QED) is 0.411. The number of benzene rings is 1. The van der Waals surface area contributed by atoms with Crippen molar-refractivity contribution in [3.63, 3.8) is 0 Å². The van der Waals surface area contributed by atoms with E-state index in [1.165, 1.54) is 24.2 Å². The summed E-state index contributed by atoms with van der Waals surface area (Å²) in [6, 6.07) is 7.94. The fourth-order valence-electron chi connectivity index (χ4n) is 5.80. The molecule has 0 N–H and O–H groups in total.